The number of nitrogens with one attached hydrogen (secondary N) is 2. The molecule has 0 aromatic carbocycles. The van der Waals surface area contributed by atoms with Crippen LogP contribution in [0.1, 0.15) is 57.7 Å². The lowest BCUT2D eigenvalue weighted by Gasteiger charge is -2.16. The molecule has 2 rings (SSSR count). The van der Waals surface area contributed by atoms with Crippen LogP contribution in [-0.2, 0) is 0 Å². The quantitative estimate of drug-likeness (QED) is 0.648. The largest absolute Gasteiger partial charge is 0.396 e. The average molecular weight is 278 g/mol. The Morgan fingerprint density at radius 3 is 2.75 bits per heavy atom. The van der Waals surface area contributed by atoms with Crippen molar-refractivity contribution in [2.75, 3.05) is 23.8 Å². The first kappa shape index (κ1) is 15.0. The summed E-state index contributed by atoms with van der Waals surface area (Å²) < 4.78 is 0. The molecule has 0 amide bonds. The van der Waals surface area contributed by atoms with Crippen molar-refractivity contribution >= 4 is 11.6 Å². The molecule has 1 aliphatic carbocycles. The highest BCUT2D eigenvalue weighted by atomic mass is 16.2. The predicted octanol–water partition coefficient (Wildman–Crippen LogP) is 2.75. The zero-order chi connectivity index (χ0) is 14.4. The Labute approximate surface area is 121 Å². The Balaban J connectivity index is 2.03. The van der Waals surface area contributed by atoms with E-state index in [1.807, 2.05) is 6.07 Å². The van der Waals surface area contributed by atoms with Crippen molar-refractivity contribution in [1.82, 2.24) is 9.97 Å². The average Bonchev–Trinajstić information content (AvgIpc) is 3.27. The van der Waals surface area contributed by atoms with Gasteiger partial charge < -0.3 is 15.7 Å². The monoisotopic (exact) mass is 278 g/mol. The van der Waals surface area contributed by atoms with Crippen molar-refractivity contribution in [3.63, 3.8) is 0 Å². The minimum Gasteiger partial charge on any atom is -0.396 e. The molecule has 1 aliphatic rings. The Morgan fingerprint density at radius 1 is 1.35 bits per heavy atom. The third-order valence-electron chi connectivity index (χ3n) is 3.43. The molecule has 1 aromatic rings. The second-order valence-electron chi connectivity index (χ2n) is 5.61. The maximum atomic E-state index is 8.88. The second-order valence-corrected chi connectivity index (χ2v) is 5.61. The second kappa shape index (κ2) is 7.43. The summed E-state index contributed by atoms with van der Waals surface area (Å²) in [4.78, 5) is 9.23. The van der Waals surface area contributed by atoms with E-state index in [4.69, 9.17) is 5.11 Å². The van der Waals surface area contributed by atoms with Gasteiger partial charge in [0.15, 0.2) is 0 Å². The molecule has 0 aliphatic heterocycles. The fraction of sp³-hybridized carbons (Fsp3) is 0.733. The molecule has 0 saturated heterocycles. The van der Waals surface area contributed by atoms with E-state index >= 15 is 0 Å². The molecule has 0 radical (unpaired) electrons. The first-order chi connectivity index (χ1) is 9.72. The fourth-order valence-corrected chi connectivity index (χ4v) is 2.13. The van der Waals surface area contributed by atoms with Crippen LogP contribution in [0, 0.1) is 0 Å². The van der Waals surface area contributed by atoms with E-state index in [9.17, 15) is 0 Å². The number of anilines is 2. The van der Waals surface area contributed by atoms with Gasteiger partial charge in [0, 0.05) is 31.2 Å². The lowest BCUT2D eigenvalue weighted by atomic mass is 10.2. The van der Waals surface area contributed by atoms with E-state index in [0.29, 0.717) is 12.0 Å². The molecule has 3 N–H and O–H groups in total. The van der Waals surface area contributed by atoms with E-state index in [-0.39, 0.29) is 6.61 Å². The third kappa shape index (κ3) is 4.63. The summed E-state index contributed by atoms with van der Waals surface area (Å²) in [5.41, 5.74) is 0. The van der Waals surface area contributed by atoms with Crippen molar-refractivity contribution in [2.24, 2.45) is 0 Å². The van der Waals surface area contributed by atoms with Gasteiger partial charge in [-0.25, -0.2) is 9.97 Å². The fourth-order valence-electron chi connectivity index (χ4n) is 2.13. The molecule has 1 unspecified atom stereocenters. The Kier molecular flexibility index (Phi) is 5.59. The number of rotatable bonds is 9. The van der Waals surface area contributed by atoms with E-state index in [0.717, 1.165) is 43.3 Å². The molecule has 1 aromatic heterocycles. The van der Waals surface area contributed by atoms with Gasteiger partial charge in [0.25, 0.3) is 0 Å². The van der Waals surface area contributed by atoms with Gasteiger partial charge in [0.05, 0.1) is 0 Å². The van der Waals surface area contributed by atoms with Gasteiger partial charge in [-0.1, -0.05) is 6.92 Å². The van der Waals surface area contributed by atoms with Crippen LogP contribution in [0.3, 0.4) is 0 Å². The molecular weight excluding hydrogens is 252 g/mol. The van der Waals surface area contributed by atoms with E-state index in [1.54, 1.807) is 0 Å². The van der Waals surface area contributed by atoms with Gasteiger partial charge in [-0.3, -0.25) is 0 Å². The lowest BCUT2D eigenvalue weighted by Crippen LogP contribution is -2.17. The summed E-state index contributed by atoms with van der Waals surface area (Å²) in [6, 6.07) is 2.29. The number of aliphatic hydroxyl groups excluding tert-OH is 1. The van der Waals surface area contributed by atoms with Crippen LogP contribution in [0.15, 0.2) is 6.07 Å². The van der Waals surface area contributed by atoms with Crippen LogP contribution in [0.4, 0.5) is 11.6 Å². The first-order valence-electron chi connectivity index (χ1n) is 7.73. The van der Waals surface area contributed by atoms with Gasteiger partial charge >= 0.3 is 0 Å². The smallest absolute Gasteiger partial charge is 0.136 e. The number of aromatic nitrogens is 2. The number of hydrogen-bond acceptors (Lipinski definition) is 5. The summed E-state index contributed by atoms with van der Waals surface area (Å²) in [7, 11) is 0. The zero-order valence-electron chi connectivity index (χ0n) is 12.5. The highest BCUT2D eigenvalue weighted by Crippen LogP contribution is 2.38. The Bertz CT molecular complexity index is 420. The van der Waals surface area contributed by atoms with Crippen LogP contribution in [0.5, 0.6) is 0 Å². The molecule has 20 heavy (non-hydrogen) atoms. The van der Waals surface area contributed by atoms with Crippen LogP contribution < -0.4 is 10.6 Å². The van der Waals surface area contributed by atoms with Gasteiger partial charge in [0.2, 0.25) is 0 Å². The number of nitrogens with zero attached hydrogens (tertiary/aromatic N) is 2. The van der Waals surface area contributed by atoms with E-state index in [2.05, 4.69) is 34.4 Å². The standard InChI is InChI=1S/C15H26N4O/c1-3-8-16-13-10-14(17-11(2)5-4-9-20)19-15(18-13)12-6-7-12/h10-12,20H,3-9H2,1-2H3,(H2,16,17,18,19). The molecule has 112 valence electrons. The van der Waals surface area contributed by atoms with Crippen molar-refractivity contribution in [3.05, 3.63) is 11.9 Å². The van der Waals surface area contributed by atoms with Crippen molar-refractivity contribution < 1.29 is 5.11 Å². The topological polar surface area (TPSA) is 70.1 Å². The van der Waals surface area contributed by atoms with Crippen LogP contribution >= 0.6 is 0 Å². The normalized spacial score (nSPS) is 15.9. The molecular formula is C15H26N4O. The molecule has 1 fully saturated rings. The van der Waals surface area contributed by atoms with Crippen LogP contribution in [0.25, 0.3) is 0 Å². The van der Waals surface area contributed by atoms with Crippen molar-refractivity contribution in [3.8, 4) is 0 Å². The third-order valence-corrected chi connectivity index (χ3v) is 3.43. The van der Waals surface area contributed by atoms with E-state index in [1.165, 1.54) is 12.8 Å². The summed E-state index contributed by atoms with van der Waals surface area (Å²) >= 11 is 0. The minimum absolute atomic E-state index is 0.242. The molecule has 5 nitrogen and oxygen atoms in total. The van der Waals surface area contributed by atoms with Gasteiger partial charge in [-0.2, -0.15) is 0 Å². The zero-order valence-corrected chi connectivity index (χ0v) is 12.5. The van der Waals surface area contributed by atoms with Crippen molar-refractivity contribution in [1.29, 1.82) is 0 Å². The summed E-state index contributed by atoms with van der Waals surface area (Å²) in [5, 5.41) is 15.6. The van der Waals surface area contributed by atoms with Crippen molar-refractivity contribution in [2.45, 2.75) is 57.9 Å². The number of hydrogen-bond donors (Lipinski definition) is 3. The maximum absolute atomic E-state index is 8.88. The molecule has 5 heteroatoms. The minimum atomic E-state index is 0.242. The summed E-state index contributed by atoms with van der Waals surface area (Å²) in [6.07, 6.45) is 5.25. The van der Waals surface area contributed by atoms with Gasteiger partial charge in [-0.15, -0.1) is 0 Å². The first-order valence-corrected chi connectivity index (χ1v) is 7.73. The maximum Gasteiger partial charge on any atom is 0.136 e. The van der Waals surface area contributed by atoms with Gasteiger partial charge in [0.1, 0.15) is 17.5 Å². The van der Waals surface area contributed by atoms with E-state index < -0.39 is 0 Å². The molecule has 1 atom stereocenters. The molecule has 1 heterocycles. The van der Waals surface area contributed by atoms with Gasteiger partial charge in [-0.05, 0) is 39.0 Å². The molecule has 0 spiro atoms. The molecule has 0 bridgehead atoms. The lowest BCUT2D eigenvalue weighted by molar-refractivity contribution is 0.282. The molecule has 1 saturated carbocycles. The Morgan fingerprint density at radius 2 is 2.10 bits per heavy atom. The highest BCUT2D eigenvalue weighted by Gasteiger charge is 2.27. The highest BCUT2D eigenvalue weighted by molar-refractivity contribution is 5.48. The van der Waals surface area contributed by atoms with Crippen LogP contribution in [-0.4, -0.2) is 34.3 Å². The summed E-state index contributed by atoms with van der Waals surface area (Å²) in [6.45, 7) is 5.44. The Hall–Kier alpha value is -1.36. The number of aliphatic hydroxyl groups is 1. The predicted molar refractivity (Wildman–Crippen MR) is 82.2 cm³/mol. The summed E-state index contributed by atoms with van der Waals surface area (Å²) in [5.74, 6) is 3.32. The SMILES string of the molecule is CCCNc1cc(NC(C)CCCO)nc(C2CC2)n1. The van der Waals surface area contributed by atoms with Crippen LogP contribution in [0.2, 0.25) is 0 Å².